The van der Waals surface area contributed by atoms with E-state index < -0.39 is 58.7 Å². The van der Waals surface area contributed by atoms with Gasteiger partial charge in [0.2, 0.25) is 6.79 Å². The van der Waals surface area contributed by atoms with Crippen LogP contribution in [0.1, 0.15) is 115 Å². The van der Waals surface area contributed by atoms with Crippen LogP contribution in [-0.4, -0.2) is 103 Å². The number of benzene rings is 3. The van der Waals surface area contributed by atoms with Crippen LogP contribution in [0.25, 0.3) is 0 Å². The molecule has 7 heterocycles. The van der Waals surface area contributed by atoms with E-state index in [4.69, 9.17) is 37.9 Å². The zero-order valence-corrected chi connectivity index (χ0v) is 40.8. The number of phenolic OH excluding ortho intramolecular Hbond substituents is 1. The van der Waals surface area contributed by atoms with Crippen molar-refractivity contribution < 1.29 is 57.4 Å². The summed E-state index contributed by atoms with van der Waals surface area (Å²) in [6, 6.07) is 5.02. The number of nitrogens with one attached hydrogen (secondary N) is 1. The number of thioether (sulfide) groups is 1. The number of methoxy groups -OCH3 is 2. The minimum atomic E-state index is -1.47. The van der Waals surface area contributed by atoms with Gasteiger partial charge >= 0.3 is 18.1 Å². The summed E-state index contributed by atoms with van der Waals surface area (Å²) < 4.78 is 48.5. The molecule has 1 unspecified atom stereocenters. The maximum absolute atomic E-state index is 15.2. The number of nitriles is 1. The van der Waals surface area contributed by atoms with Crippen LogP contribution in [-0.2, 0) is 37.4 Å². The van der Waals surface area contributed by atoms with Crippen molar-refractivity contribution in [3.05, 3.63) is 75.4 Å². The molecule has 3 aromatic carbocycles. The van der Waals surface area contributed by atoms with Gasteiger partial charge in [0.05, 0.1) is 37.6 Å². The Bertz CT molecular complexity index is 2610. The highest BCUT2D eigenvalue weighted by Gasteiger charge is 2.62. The van der Waals surface area contributed by atoms with Crippen LogP contribution in [0.3, 0.4) is 0 Å². The Kier molecular flexibility index (Phi) is 12.8. The lowest BCUT2D eigenvalue weighted by molar-refractivity contribution is -0.157. The summed E-state index contributed by atoms with van der Waals surface area (Å²) in [6.45, 7) is 15.6. The number of esters is 2. The molecule has 2 N–H and O–H groups in total. The quantitative estimate of drug-likeness (QED) is 0.0661. The molecule has 0 amide bonds. The Morgan fingerprint density at radius 3 is 2.51 bits per heavy atom. The fourth-order valence-corrected chi connectivity index (χ4v) is 13.1. The summed E-state index contributed by atoms with van der Waals surface area (Å²) in [6.07, 6.45) is 4.47. The van der Waals surface area contributed by atoms with E-state index in [2.05, 4.69) is 34.7 Å². The number of unbranched alkanes of at least 4 members (excludes halogenated alkanes) is 2. The zero-order valence-electron chi connectivity index (χ0n) is 39.9. The predicted molar refractivity (Wildman–Crippen MR) is 251 cm³/mol. The fraction of sp³-hybridized carbons (Fsp3) is 0.529. The standard InChI is InChI=1S/C51H60N4O12S/c1-10-12-13-14-36(56)66-44-27(4)45-46(64-25-63-45)38-33-23-62-48(58)51(30-21-34(60-8)35(20-28(30)15-16-53-51)65-49(59)67-50(5,6)7)24-68-47(39(38)44)41-40-37-29(18-26(3)43(61-9)42(37)57)19-31(54(40)17-11-2)32(22-52)55(33)41/h11,18,20-21,31-33,40-41,47,53,57H,2,10,12-17,19,23-25H2,1,3-9H3/t31-,32-,33-,40+,41?,47+,51+/m0/s1. The van der Waals surface area contributed by atoms with Gasteiger partial charge < -0.3 is 43.0 Å². The number of rotatable bonds is 10. The number of aromatic hydroxyl groups is 1. The molecule has 0 saturated carbocycles. The molecule has 3 aromatic rings. The number of ether oxygens (including phenoxy) is 8. The Labute approximate surface area is 401 Å². The monoisotopic (exact) mass is 952 g/mol. The molecule has 10 rings (SSSR count). The molecular weight excluding hydrogens is 893 g/mol. The molecule has 4 bridgehead atoms. The van der Waals surface area contributed by atoms with Crippen LogP contribution >= 0.6 is 11.8 Å². The molecule has 16 nitrogen and oxygen atoms in total. The molecule has 7 aliphatic rings. The lowest BCUT2D eigenvalue weighted by Crippen LogP contribution is -2.70. The fourth-order valence-electron chi connectivity index (χ4n) is 11.4. The van der Waals surface area contributed by atoms with E-state index in [0.29, 0.717) is 83.2 Å². The summed E-state index contributed by atoms with van der Waals surface area (Å²) >= 11 is 1.47. The first-order valence-electron chi connectivity index (χ1n) is 23.4. The second kappa shape index (κ2) is 18.3. The third-order valence-corrected chi connectivity index (χ3v) is 15.6. The first-order valence-corrected chi connectivity index (χ1v) is 24.4. The van der Waals surface area contributed by atoms with Gasteiger partial charge in [-0.05, 0) is 88.3 Å². The summed E-state index contributed by atoms with van der Waals surface area (Å²) in [7, 11) is 3.00. The number of aryl methyl sites for hydroxylation is 1. The van der Waals surface area contributed by atoms with Crippen molar-refractivity contribution in [1.82, 2.24) is 15.1 Å². The second-order valence-electron chi connectivity index (χ2n) is 19.3. The number of fused-ring (bicyclic) bond motifs is 9. The summed E-state index contributed by atoms with van der Waals surface area (Å²) in [5.41, 5.74) is 3.28. The van der Waals surface area contributed by atoms with Gasteiger partial charge in [-0.1, -0.05) is 31.9 Å². The Hall–Kier alpha value is -5.67. The topological polar surface area (TPSA) is 188 Å². The van der Waals surface area contributed by atoms with E-state index in [-0.39, 0.29) is 48.9 Å². The van der Waals surface area contributed by atoms with Crippen LogP contribution in [0.15, 0.2) is 30.9 Å². The predicted octanol–water partition coefficient (Wildman–Crippen LogP) is 7.71. The van der Waals surface area contributed by atoms with Gasteiger partial charge in [-0.25, -0.2) is 9.59 Å². The zero-order chi connectivity index (χ0) is 48.4. The van der Waals surface area contributed by atoms with Gasteiger partial charge in [-0.3, -0.25) is 19.9 Å². The molecule has 0 aliphatic carbocycles. The maximum atomic E-state index is 15.2. The Balaban J connectivity index is 1.28. The molecule has 2 fully saturated rings. The van der Waals surface area contributed by atoms with E-state index in [0.717, 1.165) is 29.5 Å². The highest BCUT2D eigenvalue weighted by atomic mass is 32.2. The first kappa shape index (κ1) is 47.4. The summed E-state index contributed by atoms with van der Waals surface area (Å²) in [5, 5.41) is 26.8. The molecule has 17 heteroatoms. The van der Waals surface area contributed by atoms with Crippen molar-refractivity contribution in [1.29, 1.82) is 5.26 Å². The number of phenols is 1. The largest absolute Gasteiger partial charge is 0.514 e. The van der Waals surface area contributed by atoms with Gasteiger partial charge in [0.1, 0.15) is 24.0 Å². The van der Waals surface area contributed by atoms with Crippen molar-refractivity contribution in [2.24, 2.45) is 0 Å². The van der Waals surface area contributed by atoms with Gasteiger partial charge in [0.15, 0.2) is 40.0 Å². The molecule has 1 spiro atoms. The number of hydrogen-bond acceptors (Lipinski definition) is 17. The van der Waals surface area contributed by atoms with Crippen LogP contribution in [0.2, 0.25) is 0 Å². The van der Waals surface area contributed by atoms with E-state index in [1.807, 2.05) is 26.0 Å². The highest BCUT2D eigenvalue weighted by molar-refractivity contribution is 7.99. The first-order chi connectivity index (χ1) is 32.6. The molecular formula is C51H60N4O12S. The summed E-state index contributed by atoms with van der Waals surface area (Å²) in [5.74, 6) is 1.06. The number of nitrogens with zero attached hydrogens (tertiary/aromatic N) is 3. The molecule has 362 valence electrons. The van der Waals surface area contributed by atoms with Gasteiger partial charge in [-0.2, -0.15) is 5.26 Å². The Morgan fingerprint density at radius 1 is 1.03 bits per heavy atom. The average Bonchev–Trinajstić information content (AvgIpc) is 3.79. The third-order valence-electron chi connectivity index (χ3n) is 14.1. The van der Waals surface area contributed by atoms with Gasteiger partial charge in [-0.15, -0.1) is 18.3 Å². The van der Waals surface area contributed by atoms with E-state index >= 15 is 4.79 Å². The highest BCUT2D eigenvalue weighted by Crippen LogP contribution is 2.65. The van der Waals surface area contributed by atoms with Crippen molar-refractivity contribution in [2.75, 3.05) is 46.5 Å². The normalized spacial score (nSPS) is 25.7. The number of carbonyl (C=O) groups excluding carboxylic acids is 3. The van der Waals surface area contributed by atoms with Gasteiger partial charge in [0, 0.05) is 59.6 Å². The van der Waals surface area contributed by atoms with Crippen molar-refractivity contribution in [3.8, 4) is 46.3 Å². The SMILES string of the molecule is C=CCN1[C@@H]2c3c(cc(C)c(OC)c3O)C[C@H]1[C@H](C#N)N1C2[C@@H]2SC[C@]3(NCCc4cc(OC(=O)OC(C)(C)C)c(OC)cc43)C(=O)OC[C@H]1c1c3c(c(C)c(OC(=O)CCCCC)c12)OCO3. The van der Waals surface area contributed by atoms with Gasteiger partial charge in [0.25, 0.3) is 0 Å². The molecule has 0 radical (unpaired) electrons. The van der Waals surface area contributed by atoms with Crippen molar-refractivity contribution in [3.63, 3.8) is 0 Å². The smallest absolute Gasteiger partial charge is 0.504 e. The molecule has 68 heavy (non-hydrogen) atoms. The van der Waals surface area contributed by atoms with E-state index in [1.165, 1.54) is 26.0 Å². The van der Waals surface area contributed by atoms with Crippen LogP contribution in [0, 0.1) is 25.2 Å². The lowest BCUT2D eigenvalue weighted by Gasteiger charge is -2.62. The van der Waals surface area contributed by atoms with E-state index in [9.17, 15) is 20.0 Å². The van der Waals surface area contributed by atoms with Crippen LogP contribution in [0.4, 0.5) is 4.79 Å². The summed E-state index contributed by atoms with van der Waals surface area (Å²) in [4.78, 5) is 46.6. The lowest BCUT2D eigenvalue weighted by atomic mass is 9.71. The minimum absolute atomic E-state index is 0.0141. The van der Waals surface area contributed by atoms with Crippen LogP contribution < -0.4 is 33.7 Å². The molecule has 7 aliphatic heterocycles. The average molecular weight is 953 g/mol. The third kappa shape index (κ3) is 7.77. The van der Waals surface area contributed by atoms with Crippen molar-refractivity contribution in [2.45, 2.75) is 127 Å². The Morgan fingerprint density at radius 2 is 1.81 bits per heavy atom. The van der Waals surface area contributed by atoms with Crippen LogP contribution in [0.5, 0.6) is 40.2 Å². The molecule has 0 aromatic heterocycles. The number of carbonyl (C=O) groups is 3. The maximum Gasteiger partial charge on any atom is 0.514 e. The molecule has 2 saturated heterocycles. The van der Waals surface area contributed by atoms with Crippen molar-refractivity contribution >= 4 is 29.9 Å². The number of hydrogen-bond donors (Lipinski definition) is 2. The second-order valence-corrected chi connectivity index (χ2v) is 20.4. The number of piperazine rings is 1. The molecule has 7 atom stereocenters. The van der Waals surface area contributed by atoms with E-state index in [1.54, 1.807) is 32.9 Å². The minimum Gasteiger partial charge on any atom is -0.504 e.